The number of imidazole rings is 1. The van der Waals surface area contributed by atoms with E-state index in [-0.39, 0.29) is 0 Å². The Morgan fingerprint density at radius 1 is 1.32 bits per heavy atom. The molecule has 2 aromatic rings. The van der Waals surface area contributed by atoms with Gasteiger partial charge in [-0.15, -0.1) is 0 Å². The van der Waals surface area contributed by atoms with Crippen molar-refractivity contribution in [1.29, 1.82) is 0 Å². The molecule has 0 amide bonds. The van der Waals surface area contributed by atoms with Crippen molar-refractivity contribution in [3.63, 3.8) is 0 Å². The molecule has 0 aliphatic carbocycles. The largest absolute Gasteiger partial charge is 0.338 e. The van der Waals surface area contributed by atoms with Crippen molar-refractivity contribution in [1.82, 2.24) is 24.6 Å². The van der Waals surface area contributed by atoms with E-state index < -0.39 is 0 Å². The Hall–Kier alpha value is -1.62. The van der Waals surface area contributed by atoms with Gasteiger partial charge in [-0.1, -0.05) is 6.92 Å². The van der Waals surface area contributed by atoms with E-state index in [1.807, 2.05) is 37.4 Å². The van der Waals surface area contributed by atoms with E-state index >= 15 is 0 Å². The van der Waals surface area contributed by atoms with Crippen LogP contribution in [0.3, 0.4) is 0 Å². The summed E-state index contributed by atoms with van der Waals surface area (Å²) in [6, 6.07) is 2.43. The molecule has 0 spiro atoms. The minimum Gasteiger partial charge on any atom is -0.338 e. The molecule has 0 bridgehead atoms. The summed E-state index contributed by atoms with van der Waals surface area (Å²) in [4.78, 5) is 4.38. The number of nitrogens with one attached hydrogen (secondary N) is 1. The first-order chi connectivity index (χ1) is 9.22. The molecule has 0 aliphatic rings. The van der Waals surface area contributed by atoms with Gasteiger partial charge >= 0.3 is 0 Å². The van der Waals surface area contributed by atoms with Crippen LogP contribution in [0.25, 0.3) is 0 Å². The summed E-state index contributed by atoms with van der Waals surface area (Å²) in [6.07, 6.45) is 8.84. The average molecular weight is 261 g/mol. The molecule has 1 atom stereocenters. The van der Waals surface area contributed by atoms with Crippen molar-refractivity contribution in [3.8, 4) is 0 Å². The highest BCUT2D eigenvalue weighted by Crippen LogP contribution is 2.18. The van der Waals surface area contributed by atoms with Gasteiger partial charge in [-0.05, 0) is 25.5 Å². The van der Waals surface area contributed by atoms with Crippen molar-refractivity contribution in [2.75, 3.05) is 6.54 Å². The zero-order chi connectivity index (χ0) is 13.7. The average Bonchev–Trinajstić information content (AvgIpc) is 2.99. The molecule has 1 N–H and O–H groups in total. The van der Waals surface area contributed by atoms with Gasteiger partial charge in [-0.25, -0.2) is 4.98 Å². The quantitative estimate of drug-likeness (QED) is 0.827. The maximum absolute atomic E-state index is 4.38. The molecule has 2 heterocycles. The predicted octanol–water partition coefficient (Wildman–Crippen LogP) is 1.83. The highest BCUT2D eigenvalue weighted by atomic mass is 15.3. The standard InChI is InChI=1S/C14H23N5/c1-4-8-15-12(13-7-9-17-19(13)3)5-6-14-16-10-11-18(14)2/h7,9-12,15H,4-6,8H2,1-3H3. The number of hydrogen-bond acceptors (Lipinski definition) is 3. The molecule has 1 unspecified atom stereocenters. The molecule has 2 rings (SSSR count). The van der Waals surface area contributed by atoms with Gasteiger partial charge in [0.15, 0.2) is 0 Å². The van der Waals surface area contributed by atoms with E-state index in [0.29, 0.717) is 6.04 Å². The van der Waals surface area contributed by atoms with E-state index in [9.17, 15) is 0 Å². The first kappa shape index (κ1) is 13.8. The summed E-state index contributed by atoms with van der Waals surface area (Å²) in [6.45, 7) is 3.21. The normalized spacial score (nSPS) is 12.8. The van der Waals surface area contributed by atoms with Crippen LogP contribution >= 0.6 is 0 Å². The second kappa shape index (κ2) is 6.52. The van der Waals surface area contributed by atoms with Gasteiger partial charge < -0.3 is 9.88 Å². The SMILES string of the molecule is CCCNC(CCc1nccn1C)c1ccnn1C. The molecule has 0 aliphatic heterocycles. The smallest absolute Gasteiger partial charge is 0.108 e. The Balaban J connectivity index is 2.02. The maximum atomic E-state index is 4.38. The van der Waals surface area contributed by atoms with Crippen LogP contribution in [0.2, 0.25) is 0 Å². The molecule has 0 saturated heterocycles. The Bertz CT molecular complexity index is 499. The molecule has 0 radical (unpaired) electrons. The maximum Gasteiger partial charge on any atom is 0.108 e. The highest BCUT2D eigenvalue weighted by molar-refractivity contribution is 5.07. The third kappa shape index (κ3) is 3.44. The Morgan fingerprint density at radius 2 is 2.16 bits per heavy atom. The summed E-state index contributed by atoms with van der Waals surface area (Å²) >= 11 is 0. The molecule has 0 saturated carbocycles. The van der Waals surface area contributed by atoms with Crippen LogP contribution < -0.4 is 5.32 Å². The van der Waals surface area contributed by atoms with Crippen molar-refractivity contribution in [3.05, 3.63) is 36.2 Å². The fraction of sp³-hybridized carbons (Fsp3) is 0.571. The zero-order valence-electron chi connectivity index (χ0n) is 12.0. The zero-order valence-corrected chi connectivity index (χ0v) is 12.0. The van der Waals surface area contributed by atoms with Gasteiger partial charge in [0.25, 0.3) is 0 Å². The molecule has 104 valence electrons. The van der Waals surface area contributed by atoms with Crippen molar-refractivity contribution >= 4 is 0 Å². The van der Waals surface area contributed by atoms with Crippen LogP contribution in [0.1, 0.15) is 37.3 Å². The predicted molar refractivity (Wildman–Crippen MR) is 75.8 cm³/mol. The molecule has 0 aromatic carbocycles. The Kier molecular flexibility index (Phi) is 4.74. The van der Waals surface area contributed by atoms with Gasteiger partial charge in [0.2, 0.25) is 0 Å². The molecule has 5 heteroatoms. The number of nitrogens with zero attached hydrogens (tertiary/aromatic N) is 4. The third-order valence-corrected chi connectivity index (χ3v) is 3.43. The summed E-state index contributed by atoms with van der Waals surface area (Å²) in [7, 11) is 4.04. The molecule has 5 nitrogen and oxygen atoms in total. The Morgan fingerprint density at radius 3 is 2.74 bits per heavy atom. The lowest BCUT2D eigenvalue weighted by molar-refractivity contribution is 0.462. The first-order valence-corrected chi connectivity index (χ1v) is 6.89. The summed E-state index contributed by atoms with van der Waals surface area (Å²) in [5.74, 6) is 1.13. The van der Waals surface area contributed by atoms with E-state index in [4.69, 9.17) is 0 Å². The minimum absolute atomic E-state index is 0.337. The number of rotatable bonds is 7. The van der Waals surface area contributed by atoms with Crippen LogP contribution in [-0.4, -0.2) is 25.9 Å². The van der Waals surface area contributed by atoms with Gasteiger partial charge in [0.1, 0.15) is 5.82 Å². The van der Waals surface area contributed by atoms with Gasteiger partial charge in [-0.2, -0.15) is 5.10 Å². The van der Waals surface area contributed by atoms with Crippen molar-refractivity contribution in [2.24, 2.45) is 14.1 Å². The highest BCUT2D eigenvalue weighted by Gasteiger charge is 2.15. The van der Waals surface area contributed by atoms with Crippen LogP contribution in [-0.2, 0) is 20.5 Å². The van der Waals surface area contributed by atoms with E-state index in [2.05, 4.69) is 33.0 Å². The van der Waals surface area contributed by atoms with Crippen molar-refractivity contribution in [2.45, 2.75) is 32.2 Å². The lowest BCUT2D eigenvalue weighted by Gasteiger charge is -2.18. The fourth-order valence-electron chi connectivity index (χ4n) is 2.31. The molecular formula is C14H23N5. The van der Waals surface area contributed by atoms with Gasteiger partial charge in [-0.3, -0.25) is 4.68 Å². The van der Waals surface area contributed by atoms with Crippen LogP contribution in [0.5, 0.6) is 0 Å². The topological polar surface area (TPSA) is 47.7 Å². The van der Waals surface area contributed by atoms with Crippen LogP contribution in [0.4, 0.5) is 0 Å². The van der Waals surface area contributed by atoms with Crippen molar-refractivity contribution < 1.29 is 0 Å². The third-order valence-electron chi connectivity index (χ3n) is 3.43. The summed E-state index contributed by atoms with van der Waals surface area (Å²) < 4.78 is 4.03. The summed E-state index contributed by atoms with van der Waals surface area (Å²) in [5.41, 5.74) is 1.24. The fourth-order valence-corrected chi connectivity index (χ4v) is 2.31. The second-order valence-electron chi connectivity index (χ2n) is 4.88. The van der Waals surface area contributed by atoms with E-state index in [1.54, 1.807) is 0 Å². The summed E-state index contributed by atoms with van der Waals surface area (Å²) in [5, 5.41) is 7.86. The monoisotopic (exact) mass is 261 g/mol. The van der Waals surface area contributed by atoms with Crippen LogP contribution in [0.15, 0.2) is 24.7 Å². The lowest BCUT2D eigenvalue weighted by atomic mass is 10.1. The second-order valence-corrected chi connectivity index (χ2v) is 4.88. The van der Waals surface area contributed by atoms with Gasteiger partial charge in [0, 0.05) is 45.1 Å². The number of aromatic nitrogens is 4. The van der Waals surface area contributed by atoms with Gasteiger partial charge in [0.05, 0.1) is 5.69 Å². The number of aryl methyl sites for hydroxylation is 3. The Labute approximate surface area is 114 Å². The van der Waals surface area contributed by atoms with E-state index in [0.717, 1.165) is 31.6 Å². The molecule has 0 fully saturated rings. The first-order valence-electron chi connectivity index (χ1n) is 6.89. The lowest BCUT2D eigenvalue weighted by Crippen LogP contribution is -2.25. The minimum atomic E-state index is 0.337. The molecular weight excluding hydrogens is 238 g/mol. The number of hydrogen-bond donors (Lipinski definition) is 1. The molecule has 19 heavy (non-hydrogen) atoms. The van der Waals surface area contributed by atoms with E-state index in [1.165, 1.54) is 5.69 Å². The molecule has 2 aromatic heterocycles. The van der Waals surface area contributed by atoms with Crippen LogP contribution in [0, 0.1) is 0 Å².